The monoisotopic (exact) mass is 533 g/mol. The molecule has 2 heterocycles. The normalized spacial score (nSPS) is 15.4. The molecule has 39 heavy (non-hydrogen) atoms. The van der Waals surface area contributed by atoms with E-state index in [-0.39, 0.29) is 46.5 Å². The second-order valence-electron chi connectivity index (χ2n) is 9.32. The lowest BCUT2D eigenvalue weighted by molar-refractivity contribution is -0.132. The van der Waals surface area contributed by atoms with Gasteiger partial charge in [0.05, 0.1) is 20.3 Å². The van der Waals surface area contributed by atoms with E-state index in [2.05, 4.69) is 9.97 Å². The molecule has 3 aromatic carbocycles. The van der Waals surface area contributed by atoms with Crippen molar-refractivity contribution >= 4 is 28.6 Å². The Bertz CT molecular complexity index is 1480. The van der Waals surface area contributed by atoms with Crippen LogP contribution in [-0.2, 0) is 11.2 Å². The van der Waals surface area contributed by atoms with Crippen LogP contribution >= 0.6 is 0 Å². The molecule has 2 N–H and O–H groups in total. The van der Waals surface area contributed by atoms with Gasteiger partial charge in [-0.2, -0.15) is 4.98 Å². The van der Waals surface area contributed by atoms with Gasteiger partial charge in [-0.3, -0.25) is 4.79 Å². The molecule has 1 amide bonds. The first-order valence-corrected chi connectivity index (χ1v) is 12.6. The summed E-state index contributed by atoms with van der Waals surface area (Å²) in [6, 6.07) is 17.2. The maximum absolute atomic E-state index is 15.4. The van der Waals surface area contributed by atoms with Gasteiger partial charge in [-0.25, -0.2) is 13.8 Å². The molecule has 8 nitrogen and oxygen atoms in total. The third kappa shape index (κ3) is 5.27. The number of carbonyl (C=O) groups excluding carboxylic acids is 1. The van der Waals surface area contributed by atoms with Crippen molar-refractivity contribution in [3.63, 3.8) is 0 Å². The van der Waals surface area contributed by atoms with Crippen molar-refractivity contribution in [1.82, 2.24) is 14.9 Å². The van der Waals surface area contributed by atoms with E-state index in [0.29, 0.717) is 37.9 Å². The molecule has 1 aromatic heterocycles. The Balaban J connectivity index is 1.45. The lowest BCUT2D eigenvalue weighted by atomic mass is 10.0. The van der Waals surface area contributed by atoms with Gasteiger partial charge in [0.15, 0.2) is 17.3 Å². The first-order valence-electron chi connectivity index (χ1n) is 12.6. The second kappa shape index (κ2) is 11.1. The molecule has 1 fully saturated rings. The molecule has 5 rings (SSSR count). The number of nitrogens with two attached hydrogens (primary N) is 1. The summed E-state index contributed by atoms with van der Waals surface area (Å²) in [4.78, 5) is 26.0. The fourth-order valence-corrected chi connectivity index (χ4v) is 4.94. The van der Waals surface area contributed by atoms with Crippen molar-refractivity contribution in [2.45, 2.75) is 18.9 Å². The second-order valence-corrected chi connectivity index (χ2v) is 9.32. The van der Waals surface area contributed by atoms with Gasteiger partial charge in [0, 0.05) is 31.4 Å². The van der Waals surface area contributed by atoms with E-state index in [4.69, 9.17) is 15.2 Å². The van der Waals surface area contributed by atoms with Crippen molar-refractivity contribution in [1.29, 1.82) is 0 Å². The number of piperazine rings is 1. The van der Waals surface area contributed by atoms with Crippen LogP contribution in [0.25, 0.3) is 10.9 Å². The maximum Gasteiger partial charge on any atom is 0.228 e. The number of amides is 1. The predicted octanol–water partition coefficient (Wildman–Crippen LogP) is 4.53. The number of carbonyl (C=O) groups is 1. The van der Waals surface area contributed by atoms with E-state index in [1.807, 2.05) is 40.1 Å². The first kappa shape index (κ1) is 26.1. The Hall–Kier alpha value is -4.47. The van der Waals surface area contributed by atoms with E-state index >= 15 is 4.39 Å². The molecular formula is C29H29F2N5O3. The zero-order chi connectivity index (χ0) is 27.5. The van der Waals surface area contributed by atoms with Crippen molar-refractivity contribution in [2.75, 3.05) is 44.5 Å². The Morgan fingerprint density at radius 2 is 1.77 bits per heavy atom. The standard InChI is InChI=1S/C29H29F2N5O3/c1-38-23-16-21-26(25(31)27(23)39-2)33-29(34-28(21)32)36-15-14-35(17-22(36)19-6-4-3-5-7-19)24(37)13-10-18-8-11-20(30)12-9-18/h3-9,11-12,16,22H,10,13-15,17H2,1-2H3,(H2,32,33,34). The number of anilines is 2. The van der Waals surface area contributed by atoms with Crippen LogP contribution < -0.4 is 20.1 Å². The van der Waals surface area contributed by atoms with E-state index in [9.17, 15) is 9.18 Å². The van der Waals surface area contributed by atoms with Crippen LogP contribution in [0.3, 0.4) is 0 Å². The fourth-order valence-electron chi connectivity index (χ4n) is 4.94. The molecule has 1 aliphatic rings. The first-order chi connectivity index (χ1) is 18.9. The molecule has 0 saturated carbocycles. The zero-order valence-electron chi connectivity index (χ0n) is 21.7. The van der Waals surface area contributed by atoms with Gasteiger partial charge in [0.2, 0.25) is 11.9 Å². The van der Waals surface area contributed by atoms with Gasteiger partial charge in [0.1, 0.15) is 17.2 Å². The molecule has 1 unspecified atom stereocenters. The number of benzene rings is 3. The highest BCUT2D eigenvalue weighted by atomic mass is 19.1. The summed E-state index contributed by atoms with van der Waals surface area (Å²) in [6.07, 6.45) is 0.823. The van der Waals surface area contributed by atoms with Gasteiger partial charge in [-0.1, -0.05) is 42.5 Å². The number of rotatable bonds is 7. The predicted molar refractivity (Wildman–Crippen MR) is 145 cm³/mol. The summed E-state index contributed by atoms with van der Waals surface area (Å²) < 4.78 is 39.1. The summed E-state index contributed by atoms with van der Waals surface area (Å²) in [5.41, 5.74) is 8.17. The average molecular weight is 534 g/mol. The van der Waals surface area contributed by atoms with Crippen molar-refractivity contribution < 1.29 is 23.0 Å². The quantitative estimate of drug-likeness (QED) is 0.373. The Kier molecular flexibility index (Phi) is 7.44. The number of nitrogen functional groups attached to an aromatic ring is 1. The van der Waals surface area contributed by atoms with Gasteiger partial charge in [0.25, 0.3) is 0 Å². The number of hydrogen-bond donors (Lipinski definition) is 1. The van der Waals surface area contributed by atoms with Gasteiger partial charge in [-0.15, -0.1) is 0 Å². The summed E-state index contributed by atoms with van der Waals surface area (Å²) in [6.45, 7) is 1.24. The lowest BCUT2D eigenvalue weighted by Crippen LogP contribution is -2.51. The van der Waals surface area contributed by atoms with Crippen LogP contribution in [0.15, 0.2) is 60.7 Å². The molecule has 0 spiro atoms. The number of fused-ring (bicyclic) bond motifs is 1. The molecule has 0 aliphatic carbocycles. The SMILES string of the molecule is COc1cc2c(N)nc(N3CCN(C(=O)CCc4ccc(F)cc4)CC3c3ccccc3)nc2c(F)c1OC. The molecule has 4 aromatic rings. The number of hydrogen-bond acceptors (Lipinski definition) is 7. The van der Waals surface area contributed by atoms with Crippen LogP contribution in [0.1, 0.15) is 23.6 Å². The minimum atomic E-state index is -0.687. The number of ether oxygens (including phenoxy) is 2. The fraction of sp³-hybridized carbons (Fsp3) is 0.276. The summed E-state index contributed by atoms with van der Waals surface area (Å²) in [5, 5.41) is 0.319. The number of aryl methyl sites for hydroxylation is 1. The van der Waals surface area contributed by atoms with Gasteiger partial charge in [-0.05, 0) is 35.7 Å². The molecule has 0 radical (unpaired) electrons. The van der Waals surface area contributed by atoms with Crippen molar-refractivity contribution in [3.05, 3.63) is 83.4 Å². The molecule has 1 atom stereocenters. The highest BCUT2D eigenvalue weighted by Crippen LogP contribution is 2.38. The molecule has 0 bridgehead atoms. The van der Waals surface area contributed by atoms with Crippen LogP contribution in [-0.4, -0.2) is 54.6 Å². The third-order valence-electron chi connectivity index (χ3n) is 7.01. The van der Waals surface area contributed by atoms with Crippen molar-refractivity contribution in [2.24, 2.45) is 0 Å². The summed E-state index contributed by atoms with van der Waals surface area (Å²) in [5.74, 6) is -0.487. The molecule has 1 aliphatic heterocycles. The number of nitrogens with zero attached hydrogens (tertiary/aromatic N) is 4. The van der Waals surface area contributed by atoms with Crippen LogP contribution in [0.5, 0.6) is 11.5 Å². The minimum Gasteiger partial charge on any atom is -0.493 e. The van der Waals surface area contributed by atoms with Crippen LogP contribution in [0.4, 0.5) is 20.5 Å². The Morgan fingerprint density at radius 1 is 1.03 bits per heavy atom. The number of halogens is 2. The highest BCUT2D eigenvalue weighted by molar-refractivity contribution is 5.92. The largest absolute Gasteiger partial charge is 0.493 e. The molecule has 1 saturated heterocycles. The summed E-state index contributed by atoms with van der Waals surface area (Å²) in [7, 11) is 2.77. The van der Waals surface area contributed by atoms with Crippen LogP contribution in [0.2, 0.25) is 0 Å². The molecule has 202 valence electrons. The van der Waals surface area contributed by atoms with Gasteiger partial charge >= 0.3 is 0 Å². The number of aromatic nitrogens is 2. The van der Waals surface area contributed by atoms with E-state index in [1.165, 1.54) is 26.4 Å². The molecule has 10 heteroatoms. The van der Waals surface area contributed by atoms with Gasteiger partial charge < -0.3 is 25.0 Å². The van der Waals surface area contributed by atoms with E-state index < -0.39 is 5.82 Å². The highest BCUT2D eigenvalue weighted by Gasteiger charge is 2.33. The maximum atomic E-state index is 15.4. The van der Waals surface area contributed by atoms with E-state index in [0.717, 1.165) is 11.1 Å². The lowest BCUT2D eigenvalue weighted by Gasteiger charge is -2.42. The zero-order valence-corrected chi connectivity index (χ0v) is 21.7. The molecular weight excluding hydrogens is 504 g/mol. The third-order valence-corrected chi connectivity index (χ3v) is 7.01. The Labute approximate surface area is 225 Å². The average Bonchev–Trinajstić information content (AvgIpc) is 2.97. The van der Waals surface area contributed by atoms with E-state index in [1.54, 1.807) is 18.2 Å². The Morgan fingerprint density at radius 3 is 2.46 bits per heavy atom. The summed E-state index contributed by atoms with van der Waals surface area (Å²) >= 11 is 0. The van der Waals surface area contributed by atoms with Crippen LogP contribution in [0, 0.1) is 11.6 Å². The smallest absolute Gasteiger partial charge is 0.228 e. The minimum absolute atomic E-state index is 0.00160. The van der Waals surface area contributed by atoms with Crippen molar-refractivity contribution in [3.8, 4) is 11.5 Å². The number of methoxy groups -OCH3 is 2. The topological polar surface area (TPSA) is 93.8 Å².